The van der Waals surface area contributed by atoms with Crippen molar-refractivity contribution >= 4 is 8.32 Å². The summed E-state index contributed by atoms with van der Waals surface area (Å²) < 4.78 is 6.05. The van der Waals surface area contributed by atoms with Crippen molar-refractivity contribution in [3.63, 3.8) is 0 Å². The molecule has 78 valence electrons. The molecule has 0 atom stereocenters. The Morgan fingerprint density at radius 2 is 1.80 bits per heavy atom. The number of rotatable bonds is 2. The summed E-state index contributed by atoms with van der Waals surface area (Å²) in [7, 11) is -1.68. The molecule has 0 radical (unpaired) electrons. The fourth-order valence-electron chi connectivity index (χ4n) is 0.868. The zero-order chi connectivity index (χ0) is 10.8. The topological polar surface area (TPSA) is 9.23 Å². The predicted molar refractivity (Wildman–Crippen MR) is 63.1 cm³/mol. The van der Waals surface area contributed by atoms with Crippen LogP contribution in [0.2, 0.25) is 18.1 Å². The smallest absolute Gasteiger partial charge is 0.564 e. The molecule has 1 rings (SSSR count). The van der Waals surface area contributed by atoms with Gasteiger partial charge >= 0.3 is 18.9 Å². The van der Waals surface area contributed by atoms with Crippen molar-refractivity contribution in [3.8, 4) is 5.75 Å². The van der Waals surface area contributed by atoms with E-state index in [2.05, 4.69) is 39.9 Å². The average molecular weight is 214 g/mol. The minimum atomic E-state index is -1.68. The van der Waals surface area contributed by atoms with Crippen LogP contribution in [0.15, 0.2) is 24.3 Å². The van der Waals surface area contributed by atoms with E-state index in [-0.39, 0.29) is 23.9 Å². The summed E-state index contributed by atoms with van der Waals surface area (Å²) in [6.07, 6.45) is 0. The van der Waals surface area contributed by atoms with Gasteiger partial charge in [0.25, 0.3) is 0 Å². The van der Waals surface area contributed by atoms with Crippen LogP contribution in [0.25, 0.3) is 0 Å². The Labute approximate surface area is 107 Å². The molecule has 0 N–H and O–H groups in total. The summed E-state index contributed by atoms with van der Waals surface area (Å²) in [4.78, 5) is 0. The zero-order valence-electron chi connectivity index (χ0n) is 10.7. The van der Waals surface area contributed by atoms with E-state index in [0.717, 1.165) is 5.75 Å². The second kappa shape index (κ2) is 5.25. The van der Waals surface area contributed by atoms with Crippen LogP contribution in [0.4, 0.5) is 0 Å². The third-order valence-electron chi connectivity index (χ3n) is 2.85. The summed E-state index contributed by atoms with van der Waals surface area (Å²) in [6, 6.07) is 10.9. The molecule has 0 spiro atoms. The van der Waals surface area contributed by atoms with Gasteiger partial charge in [0.1, 0.15) is 0 Å². The monoisotopic (exact) mass is 214 g/mol. The van der Waals surface area contributed by atoms with Crippen LogP contribution in [0.1, 0.15) is 20.8 Å². The molecular formula is C12H19LiOSi. The second-order valence-electron chi connectivity index (χ2n) is 5.09. The number of hydrogen-bond donors (Lipinski definition) is 0. The summed E-state index contributed by atoms with van der Waals surface area (Å²) in [6.45, 7) is 11.2. The Morgan fingerprint density at radius 1 is 1.20 bits per heavy atom. The molecule has 0 heterocycles. The first-order valence-electron chi connectivity index (χ1n) is 4.99. The van der Waals surface area contributed by atoms with E-state index in [1.54, 1.807) is 0 Å². The van der Waals surface area contributed by atoms with Crippen LogP contribution in [0.3, 0.4) is 0 Å². The molecule has 1 aromatic carbocycles. The van der Waals surface area contributed by atoms with E-state index in [1.165, 1.54) is 0 Å². The second-order valence-corrected chi connectivity index (χ2v) is 9.81. The maximum atomic E-state index is 6.05. The number of para-hydroxylation sites is 1. The molecule has 3 heteroatoms. The van der Waals surface area contributed by atoms with Crippen molar-refractivity contribution in [1.82, 2.24) is 0 Å². The summed E-state index contributed by atoms with van der Waals surface area (Å²) >= 11 is 0. The first kappa shape index (κ1) is 14.8. The van der Waals surface area contributed by atoms with Gasteiger partial charge in [0.2, 0.25) is 8.32 Å². The van der Waals surface area contributed by atoms with Crippen LogP contribution in [-0.4, -0.2) is 8.32 Å². The first-order chi connectivity index (χ1) is 6.33. The summed E-state index contributed by atoms with van der Waals surface area (Å²) in [5, 5.41) is 0.247. The molecular weight excluding hydrogens is 195 g/mol. The largest absolute Gasteiger partial charge is 1.00 e. The fraction of sp³-hybridized carbons (Fsp3) is 0.500. The van der Waals surface area contributed by atoms with E-state index in [1.807, 2.05) is 24.3 Å². The Morgan fingerprint density at radius 3 is 2.20 bits per heavy atom. The van der Waals surface area contributed by atoms with Gasteiger partial charge in [0.15, 0.2) is 0 Å². The van der Waals surface area contributed by atoms with Crippen LogP contribution in [0.5, 0.6) is 5.75 Å². The van der Waals surface area contributed by atoms with Crippen LogP contribution < -0.4 is 23.3 Å². The Kier molecular flexibility index (Phi) is 5.19. The third-order valence-corrected chi connectivity index (χ3v) is 7.19. The van der Waals surface area contributed by atoms with E-state index in [9.17, 15) is 0 Å². The van der Waals surface area contributed by atoms with Crippen molar-refractivity contribution in [1.29, 1.82) is 0 Å². The molecule has 15 heavy (non-hydrogen) atoms. The standard InChI is InChI=1S/C12H19OSi.Li/c1-12(2,3)14(4,5)13-11-9-7-6-8-10-11;/h6-9H,1-5H3;/q-1;+1. The van der Waals surface area contributed by atoms with Gasteiger partial charge in [0, 0.05) is 0 Å². The van der Waals surface area contributed by atoms with Crippen molar-refractivity contribution in [2.75, 3.05) is 0 Å². The molecule has 0 aromatic heterocycles. The zero-order valence-corrected chi connectivity index (χ0v) is 11.7. The van der Waals surface area contributed by atoms with Gasteiger partial charge in [-0.2, -0.15) is 18.2 Å². The molecule has 0 fully saturated rings. The van der Waals surface area contributed by atoms with Crippen molar-refractivity contribution in [3.05, 3.63) is 30.3 Å². The first-order valence-corrected chi connectivity index (χ1v) is 7.89. The van der Waals surface area contributed by atoms with Gasteiger partial charge in [-0.15, -0.1) is 12.1 Å². The van der Waals surface area contributed by atoms with Gasteiger partial charge < -0.3 is 4.43 Å². The maximum absolute atomic E-state index is 6.05. The Balaban J connectivity index is 0.00000196. The minimum Gasteiger partial charge on any atom is -0.564 e. The molecule has 0 amide bonds. The maximum Gasteiger partial charge on any atom is 1.00 e. The molecule has 0 bridgehead atoms. The van der Waals surface area contributed by atoms with E-state index in [0.29, 0.717) is 0 Å². The predicted octanol–water partition coefficient (Wildman–Crippen LogP) is 0.875. The molecule has 0 aliphatic carbocycles. The third kappa shape index (κ3) is 4.06. The minimum absolute atomic E-state index is 0. The van der Waals surface area contributed by atoms with E-state index < -0.39 is 8.32 Å². The van der Waals surface area contributed by atoms with Crippen molar-refractivity contribution in [2.24, 2.45) is 0 Å². The van der Waals surface area contributed by atoms with E-state index >= 15 is 0 Å². The SMILES string of the molecule is CC(C)(C)[Si](C)(C)Oc1[c-]cccc1.[Li+]. The average Bonchev–Trinajstić information content (AvgIpc) is 2.03. The summed E-state index contributed by atoms with van der Waals surface area (Å²) in [5.41, 5.74) is 0. The molecule has 0 unspecified atom stereocenters. The van der Waals surface area contributed by atoms with Crippen LogP contribution in [-0.2, 0) is 0 Å². The van der Waals surface area contributed by atoms with Crippen molar-refractivity contribution in [2.45, 2.75) is 38.9 Å². The molecule has 0 aliphatic heterocycles. The summed E-state index contributed by atoms with van der Waals surface area (Å²) in [5.74, 6) is 0.874. The van der Waals surface area contributed by atoms with Crippen LogP contribution >= 0.6 is 0 Å². The van der Waals surface area contributed by atoms with Gasteiger partial charge in [-0.1, -0.05) is 20.8 Å². The number of benzene rings is 1. The van der Waals surface area contributed by atoms with E-state index in [4.69, 9.17) is 4.43 Å². The van der Waals surface area contributed by atoms with Gasteiger partial charge in [-0.3, -0.25) is 0 Å². The number of hydrogen-bond acceptors (Lipinski definition) is 1. The molecule has 0 aliphatic rings. The molecule has 0 saturated carbocycles. The molecule has 0 saturated heterocycles. The molecule has 1 aromatic rings. The van der Waals surface area contributed by atoms with Crippen molar-refractivity contribution < 1.29 is 23.3 Å². The van der Waals surface area contributed by atoms with Crippen LogP contribution in [0, 0.1) is 6.07 Å². The molecule has 1 nitrogen and oxygen atoms in total. The fourth-order valence-corrected chi connectivity index (χ4v) is 1.85. The quantitative estimate of drug-likeness (QED) is 0.524. The normalized spacial score (nSPS) is 11.8. The Hall–Kier alpha value is -0.166. The Bertz CT molecular complexity index is 290. The van der Waals surface area contributed by atoms with Gasteiger partial charge in [-0.05, 0) is 23.9 Å². The van der Waals surface area contributed by atoms with Gasteiger partial charge in [-0.25, -0.2) is 0 Å². The van der Waals surface area contributed by atoms with Gasteiger partial charge in [0.05, 0.1) is 0 Å².